The molecule has 6 heteroatoms. The van der Waals surface area contributed by atoms with Crippen molar-refractivity contribution in [2.24, 2.45) is 0 Å². The van der Waals surface area contributed by atoms with Gasteiger partial charge in [0.05, 0.1) is 6.04 Å². The fraction of sp³-hybridized carbons (Fsp3) is 0.214. The summed E-state index contributed by atoms with van der Waals surface area (Å²) in [6.07, 6.45) is 2.05. The maximum absolute atomic E-state index is 11.0. The standard InChI is InChI=1S/C28H26N2O4/c1-20(31)33-34-24-15-8-10-21(18-24)19-30-17-9-16-25(30)28-29-26(22-11-4-2-5-12-22)27(32-28)23-13-6-3-7-14-23/h2-8,10-15,18,25H,9,16-17,19H2,1H3/t25-/m1/s1. The number of oxazole rings is 1. The molecule has 1 aliphatic rings. The van der Waals surface area contributed by atoms with Gasteiger partial charge >= 0.3 is 5.97 Å². The molecule has 1 aromatic heterocycles. The Morgan fingerprint density at radius 2 is 1.74 bits per heavy atom. The van der Waals surface area contributed by atoms with Crippen molar-refractivity contribution in [3.63, 3.8) is 0 Å². The zero-order valence-corrected chi connectivity index (χ0v) is 19.0. The van der Waals surface area contributed by atoms with Gasteiger partial charge in [0.2, 0.25) is 5.89 Å². The Bertz CT molecular complexity index is 1200. The monoisotopic (exact) mass is 454 g/mol. The molecular weight excluding hydrogens is 428 g/mol. The average Bonchev–Trinajstić information content (AvgIpc) is 3.51. The highest BCUT2D eigenvalue weighted by Gasteiger charge is 2.31. The van der Waals surface area contributed by atoms with Gasteiger partial charge in [-0.1, -0.05) is 72.8 Å². The van der Waals surface area contributed by atoms with Crippen molar-refractivity contribution in [3.05, 3.63) is 96.4 Å². The molecule has 2 heterocycles. The van der Waals surface area contributed by atoms with E-state index in [9.17, 15) is 4.79 Å². The Balaban J connectivity index is 1.43. The topological polar surface area (TPSA) is 64.8 Å². The molecule has 4 aromatic rings. The second-order valence-electron chi connectivity index (χ2n) is 8.40. The number of benzene rings is 3. The van der Waals surface area contributed by atoms with Crippen LogP contribution in [0.2, 0.25) is 0 Å². The van der Waals surface area contributed by atoms with Crippen LogP contribution < -0.4 is 4.89 Å². The van der Waals surface area contributed by atoms with E-state index >= 15 is 0 Å². The second kappa shape index (κ2) is 9.93. The zero-order chi connectivity index (χ0) is 23.3. The van der Waals surface area contributed by atoms with Gasteiger partial charge in [0, 0.05) is 24.6 Å². The highest BCUT2D eigenvalue weighted by Crippen LogP contribution is 2.39. The molecule has 0 spiro atoms. The number of hydrogen-bond acceptors (Lipinski definition) is 6. The molecule has 5 rings (SSSR count). The fourth-order valence-corrected chi connectivity index (χ4v) is 4.39. The van der Waals surface area contributed by atoms with Crippen LogP contribution in [0.5, 0.6) is 5.75 Å². The summed E-state index contributed by atoms with van der Waals surface area (Å²) in [4.78, 5) is 28.2. The van der Waals surface area contributed by atoms with Crippen molar-refractivity contribution in [1.29, 1.82) is 0 Å². The lowest BCUT2D eigenvalue weighted by atomic mass is 10.1. The molecule has 172 valence electrons. The summed E-state index contributed by atoms with van der Waals surface area (Å²) in [5.41, 5.74) is 3.98. The number of aromatic nitrogens is 1. The molecule has 0 aliphatic carbocycles. The molecule has 1 fully saturated rings. The van der Waals surface area contributed by atoms with Crippen LogP contribution in [0.25, 0.3) is 22.6 Å². The first kappa shape index (κ1) is 21.9. The van der Waals surface area contributed by atoms with Gasteiger partial charge in [-0.25, -0.2) is 9.78 Å². The van der Waals surface area contributed by atoms with Crippen molar-refractivity contribution >= 4 is 5.97 Å². The van der Waals surface area contributed by atoms with E-state index in [1.54, 1.807) is 6.07 Å². The van der Waals surface area contributed by atoms with Gasteiger partial charge in [0.15, 0.2) is 11.5 Å². The van der Waals surface area contributed by atoms with E-state index in [1.165, 1.54) is 6.92 Å². The third-order valence-electron chi connectivity index (χ3n) is 5.91. The molecule has 34 heavy (non-hydrogen) atoms. The first-order chi connectivity index (χ1) is 16.7. The van der Waals surface area contributed by atoms with Crippen LogP contribution in [0.1, 0.15) is 37.3 Å². The molecule has 1 atom stereocenters. The molecule has 0 N–H and O–H groups in total. The molecular formula is C28H26N2O4. The Kier molecular flexibility index (Phi) is 6.40. The van der Waals surface area contributed by atoms with Gasteiger partial charge in [0.1, 0.15) is 5.69 Å². The average molecular weight is 455 g/mol. The summed E-state index contributed by atoms with van der Waals surface area (Å²) < 4.78 is 6.46. The quantitative estimate of drug-likeness (QED) is 0.245. The van der Waals surface area contributed by atoms with E-state index in [1.807, 2.05) is 54.6 Å². The largest absolute Gasteiger partial charge is 0.438 e. The molecule has 1 aliphatic heterocycles. The van der Waals surface area contributed by atoms with Gasteiger partial charge in [-0.05, 0) is 37.1 Å². The predicted octanol–water partition coefficient (Wildman–Crippen LogP) is 6.20. The number of likely N-dealkylation sites (tertiary alicyclic amines) is 1. The predicted molar refractivity (Wildman–Crippen MR) is 129 cm³/mol. The van der Waals surface area contributed by atoms with Crippen LogP contribution in [0.15, 0.2) is 89.3 Å². The number of carbonyl (C=O) groups excluding carboxylic acids is 1. The Hall–Kier alpha value is -3.90. The summed E-state index contributed by atoms with van der Waals surface area (Å²) in [6.45, 7) is 2.97. The molecule has 6 nitrogen and oxygen atoms in total. The summed E-state index contributed by atoms with van der Waals surface area (Å²) in [7, 11) is 0. The van der Waals surface area contributed by atoms with Crippen LogP contribution in [-0.4, -0.2) is 22.4 Å². The summed E-state index contributed by atoms with van der Waals surface area (Å²) in [5, 5.41) is 0. The van der Waals surface area contributed by atoms with Crippen molar-refractivity contribution in [2.45, 2.75) is 32.4 Å². The van der Waals surface area contributed by atoms with Crippen LogP contribution in [0, 0.1) is 0 Å². The number of nitrogens with zero attached hydrogens (tertiary/aromatic N) is 2. The van der Waals surface area contributed by atoms with Crippen LogP contribution in [0.4, 0.5) is 0 Å². The third kappa shape index (κ3) is 4.87. The number of hydrogen-bond donors (Lipinski definition) is 0. The number of rotatable bonds is 7. The van der Waals surface area contributed by atoms with Gasteiger partial charge in [0.25, 0.3) is 0 Å². The highest BCUT2D eigenvalue weighted by atomic mass is 17.2. The molecule has 0 unspecified atom stereocenters. The first-order valence-electron chi connectivity index (χ1n) is 11.5. The van der Waals surface area contributed by atoms with Crippen molar-refractivity contribution < 1.29 is 19.0 Å². The van der Waals surface area contributed by atoms with E-state index < -0.39 is 5.97 Å². The minimum Gasteiger partial charge on any atom is -0.438 e. The summed E-state index contributed by atoms with van der Waals surface area (Å²) >= 11 is 0. The van der Waals surface area contributed by atoms with Crippen LogP contribution in [0.3, 0.4) is 0 Å². The van der Waals surface area contributed by atoms with Crippen LogP contribution in [-0.2, 0) is 16.2 Å². The van der Waals surface area contributed by atoms with Crippen molar-refractivity contribution in [1.82, 2.24) is 9.88 Å². The molecule has 1 saturated heterocycles. The smallest absolute Gasteiger partial charge is 0.352 e. The van der Waals surface area contributed by atoms with E-state index in [2.05, 4.69) is 34.1 Å². The molecule has 0 bridgehead atoms. The molecule has 0 amide bonds. The fourth-order valence-electron chi connectivity index (χ4n) is 4.39. The Morgan fingerprint density at radius 3 is 2.47 bits per heavy atom. The lowest BCUT2D eigenvalue weighted by Crippen LogP contribution is -2.23. The lowest BCUT2D eigenvalue weighted by Gasteiger charge is -2.22. The first-order valence-corrected chi connectivity index (χ1v) is 11.5. The van der Waals surface area contributed by atoms with Gasteiger partial charge in [-0.3, -0.25) is 14.7 Å². The van der Waals surface area contributed by atoms with E-state index in [4.69, 9.17) is 14.3 Å². The van der Waals surface area contributed by atoms with Gasteiger partial charge in [-0.2, -0.15) is 0 Å². The SMILES string of the molecule is CC(=O)OOc1cccc(CN2CCC[C@@H]2c2nc(-c3ccccc3)c(-c3ccccc3)o2)c1. The van der Waals surface area contributed by atoms with E-state index in [-0.39, 0.29) is 6.04 Å². The zero-order valence-electron chi connectivity index (χ0n) is 19.0. The van der Waals surface area contributed by atoms with E-state index in [0.29, 0.717) is 12.3 Å². The van der Waals surface area contributed by atoms with Crippen molar-refractivity contribution in [3.8, 4) is 28.3 Å². The number of carbonyl (C=O) groups is 1. The van der Waals surface area contributed by atoms with Crippen LogP contribution >= 0.6 is 0 Å². The minimum absolute atomic E-state index is 0.0815. The molecule has 0 radical (unpaired) electrons. The Labute approximate surface area is 198 Å². The summed E-state index contributed by atoms with van der Waals surface area (Å²) in [5.74, 6) is 1.54. The second-order valence-corrected chi connectivity index (χ2v) is 8.40. The Morgan fingerprint density at radius 1 is 1.00 bits per heavy atom. The maximum atomic E-state index is 11.0. The highest BCUT2D eigenvalue weighted by molar-refractivity contribution is 5.76. The lowest BCUT2D eigenvalue weighted by molar-refractivity contribution is -0.210. The third-order valence-corrected chi connectivity index (χ3v) is 5.91. The summed E-state index contributed by atoms with van der Waals surface area (Å²) in [6, 6.07) is 28.0. The maximum Gasteiger partial charge on any atom is 0.352 e. The van der Waals surface area contributed by atoms with Gasteiger partial charge < -0.3 is 4.42 Å². The van der Waals surface area contributed by atoms with Crippen molar-refractivity contribution in [2.75, 3.05) is 6.54 Å². The molecule has 3 aromatic carbocycles. The van der Waals surface area contributed by atoms with Gasteiger partial charge in [-0.15, -0.1) is 0 Å². The normalized spacial score (nSPS) is 15.9. The molecule has 0 saturated carbocycles. The minimum atomic E-state index is -0.489. The van der Waals surface area contributed by atoms with E-state index in [0.717, 1.165) is 53.4 Å².